The molecule has 0 saturated carbocycles. The fourth-order valence-corrected chi connectivity index (χ4v) is 2.92. The Balaban J connectivity index is 1.63. The van der Waals surface area contributed by atoms with Gasteiger partial charge in [-0.2, -0.15) is 0 Å². The molecule has 0 bridgehead atoms. The zero-order valence-electron chi connectivity index (χ0n) is 17.4. The van der Waals surface area contributed by atoms with Crippen LogP contribution >= 0.6 is 0 Å². The number of amides is 3. The maximum Gasteiger partial charge on any atom is 0.257 e. The zero-order chi connectivity index (χ0) is 22.2. The van der Waals surface area contributed by atoms with Crippen molar-refractivity contribution in [1.82, 2.24) is 4.90 Å². The molecule has 3 amide bonds. The SMILES string of the molecule is CN(C)C(=O)c1cccc(NC(=O)CNc2ccccc2C(=O)Nc2ccccc2)c1. The van der Waals surface area contributed by atoms with Gasteiger partial charge in [0.2, 0.25) is 5.91 Å². The first-order chi connectivity index (χ1) is 14.9. The number of rotatable bonds is 7. The summed E-state index contributed by atoms with van der Waals surface area (Å²) in [6.45, 7) is -0.0402. The van der Waals surface area contributed by atoms with Gasteiger partial charge >= 0.3 is 0 Å². The third-order valence-electron chi connectivity index (χ3n) is 4.44. The van der Waals surface area contributed by atoms with Gasteiger partial charge in [0.05, 0.1) is 12.1 Å². The number of anilines is 3. The van der Waals surface area contributed by atoms with E-state index in [1.807, 2.05) is 18.2 Å². The summed E-state index contributed by atoms with van der Waals surface area (Å²) in [6.07, 6.45) is 0. The quantitative estimate of drug-likeness (QED) is 0.548. The topological polar surface area (TPSA) is 90.5 Å². The molecule has 0 aliphatic heterocycles. The van der Waals surface area contributed by atoms with Gasteiger partial charge in [-0.1, -0.05) is 36.4 Å². The minimum Gasteiger partial charge on any atom is -0.376 e. The average Bonchev–Trinajstić information content (AvgIpc) is 2.78. The van der Waals surface area contributed by atoms with Crippen molar-refractivity contribution >= 4 is 34.8 Å². The van der Waals surface area contributed by atoms with Gasteiger partial charge in [-0.05, 0) is 42.5 Å². The standard InChI is InChI=1S/C24H24N4O3/c1-28(2)24(31)17-9-8-12-19(15-17)26-22(29)16-25-21-14-7-6-13-20(21)23(30)27-18-10-4-3-5-11-18/h3-15,25H,16H2,1-2H3,(H,26,29)(H,27,30). The molecule has 158 valence electrons. The summed E-state index contributed by atoms with van der Waals surface area (Å²) in [5.41, 5.74) is 2.67. The van der Waals surface area contributed by atoms with Crippen molar-refractivity contribution in [3.63, 3.8) is 0 Å². The van der Waals surface area contributed by atoms with Crippen LogP contribution in [0.25, 0.3) is 0 Å². The molecule has 0 spiro atoms. The first kappa shape index (κ1) is 21.6. The van der Waals surface area contributed by atoms with E-state index < -0.39 is 0 Å². The van der Waals surface area contributed by atoms with Crippen LogP contribution in [0.2, 0.25) is 0 Å². The minimum absolute atomic E-state index is 0.0402. The maximum absolute atomic E-state index is 12.6. The number of carbonyl (C=O) groups is 3. The zero-order valence-corrected chi connectivity index (χ0v) is 17.4. The highest BCUT2D eigenvalue weighted by molar-refractivity contribution is 6.08. The van der Waals surface area contributed by atoms with Gasteiger partial charge in [0.15, 0.2) is 0 Å². The van der Waals surface area contributed by atoms with Crippen molar-refractivity contribution in [3.05, 3.63) is 90.0 Å². The molecule has 0 aliphatic carbocycles. The molecule has 0 unspecified atom stereocenters. The molecule has 0 atom stereocenters. The van der Waals surface area contributed by atoms with E-state index in [2.05, 4.69) is 16.0 Å². The third kappa shape index (κ3) is 5.93. The summed E-state index contributed by atoms with van der Waals surface area (Å²) in [5.74, 6) is -0.718. The molecule has 3 aromatic rings. The molecule has 0 heterocycles. The normalized spacial score (nSPS) is 10.1. The molecular weight excluding hydrogens is 392 g/mol. The number of para-hydroxylation sites is 2. The molecule has 31 heavy (non-hydrogen) atoms. The largest absolute Gasteiger partial charge is 0.376 e. The molecule has 7 nitrogen and oxygen atoms in total. The molecule has 0 aliphatic rings. The molecular formula is C24H24N4O3. The van der Waals surface area contributed by atoms with Crippen LogP contribution in [0.3, 0.4) is 0 Å². The van der Waals surface area contributed by atoms with Crippen molar-refractivity contribution < 1.29 is 14.4 Å². The van der Waals surface area contributed by atoms with Crippen molar-refractivity contribution in [1.29, 1.82) is 0 Å². The Hall–Kier alpha value is -4.13. The molecule has 0 aromatic heterocycles. The Bertz CT molecular complexity index is 1080. The summed E-state index contributed by atoms with van der Waals surface area (Å²) in [6, 6.07) is 22.9. The van der Waals surface area contributed by atoms with Gasteiger partial charge in [0.1, 0.15) is 0 Å². The number of hydrogen-bond acceptors (Lipinski definition) is 4. The number of benzene rings is 3. The Kier molecular flexibility index (Phi) is 7.01. The monoisotopic (exact) mass is 416 g/mol. The van der Waals surface area contributed by atoms with Gasteiger partial charge in [-0.3, -0.25) is 14.4 Å². The summed E-state index contributed by atoms with van der Waals surface area (Å²) in [7, 11) is 3.34. The van der Waals surface area contributed by atoms with Gasteiger partial charge < -0.3 is 20.9 Å². The second kappa shape index (κ2) is 10.1. The molecule has 3 aromatic carbocycles. The van der Waals surface area contributed by atoms with E-state index in [1.54, 1.807) is 74.8 Å². The second-order valence-corrected chi connectivity index (χ2v) is 7.05. The third-order valence-corrected chi connectivity index (χ3v) is 4.44. The summed E-state index contributed by atoms with van der Waals surface area (Å²) < 4.78 is 0. The van der Waals surface area contributed by atoms with Crippen LogP contribution in [0, 0.1) is 0 Å². The maximum atomic E-state index is 12.6. The lowest BCUT2D eigenvalue weighted by Crippen LogP contribution is -2.24. The van der Waals surface area contributed by atoms with Crippen molar-refractivity contribution in [2.75, 3.05) is 36.6 Å². The van der Waals surface area contributed by atoms with Crippen molar-refractivity contribution in [3.8, 4) is 0 Å². The van der Waals surface area contributed by atoms with Crippen LogP contribution in [0.4, 0.5) is 17.1 Å². The predicted octanol–water partition coefficient (Wildman–Crippen LogP) is 3.69. The van der Waals surface area contributed by atoms with Crippen molar-refractivity contribution in [2.24, 2.45) is 0 Å². The Labute approximate surface area is 181 Å². The number of hydrogen-bond donors (Lipinski definition) is 3. The first-order valence-electron chi connectivity index (χ1n) is 9.75. The van der Waals surface area contributed by atoms with E-state index in [0.717, 1.165) is 0 Å². The van der Waals surface area contributed by atoms with Crippen LogP contribution in [-0.2, 0) is 4.79 Å². The minimum atomic E-state index is -0.298. The average molecular weight is 416 g/mol. The highest BCUT2D eigenvalue weighted by atomic mass is 16.2. The summed E-state index contributed by atoms with van der Waals surface area (Å²) in [4.78, 5) is 38.6. The lowest BCUT2D eigenvalue weighted by Gasteiger charge is -2.13. The van der Waals surface area contributed by atoms with Crippen LogP contribution in [0.15, 0.2) is 78.9 Å². The van der Waals surface area contributed by atoms with Crippen LogP contribution in [0.5, 0.6) is 0 Å². The molecule has 7 heteroatoms. The molecule has 0 radical (unpaired) electrons. The van der Waals surface area contributed by atoms with Crippen LogP contribution < -0.4 is 16.0 Å². The second-order valence-electron chi connectivity index (χ2n) is 7.05. The fraction of sp³-hybridized carbons (Fsp3) is 0.125. The summed E-state index contributed by atoms with van der Waals surface area (Å²) in [5, 5.41) is 8.61. The molecule has 0 fully saturated rings. The van der Waals surface area contributed by atoms with E-state index in [9.17, 15) is 14.4 Å². The lowest BCUT2D eigenvalue weighted by molar-refractivity contribution is -0.114. The van der Waals surface area contributed by atoms with Gasteiger partial charge in [-0.15, -0.1) is 0 Å². The fourth-order valence-electron chi connectivity index (χ4n) is 2.92. The number of nitrogens with zero attached hydrogens (tertiary/aromatic N) is 1. The van der Waals surface area contributed by atoms with E-state index in [1.165, 1.54) is 4.90 Å². The number of carbonyl (C=O) groups excluding carboxylic acids is 3. The van der Waals surface area contributed by atoms with Crippen molar-refractivity contribution in [2.45, 2.75) is 0 Å². The first-order valence-corrected chi connectivity index (χ1v) is 9.75. The predicted molar refractivity (Wildman–Crippen MR) is 122 cm³/mol. The smallest absolute Gasteiger partial charge is 0.257 e. The Morgan fingerprint density at radius 2 is 1.45 bits per heavy atom. The van der Waals surface area contributed by atoms with E-state index in [-0.39, 0.29) is 24.3 Å². The number of nitrogens with one attached hydrogen (secondary N) is 3. The van der Waals surface area contributed by atoms with Gasteiger partial charge in [0, 0.05) is 36.7 Å². The molecule has 3 rings (SSSR count). The molecule has 0 saturated heterocycles. The molecule has 3 N–H and O–H groups in total. The van der Waals surface area contributed by atoms with E-state index in [4.69, 9.17) is 0 Å². The van der Waals surface area contributed by atoms with Gasteiger partial charge in [0.25, 0.3) is 11.8 Å². The van der Waals surface area contributed by atoms with Crippen LogP contribution in [0.1, 0.15) is 20.7 Å². The summed E-state index contributed by atoms with van der Waals surface area (Å²) >= 11 is 0. The van der Waals surface area contributed by atoms with Crippen LogP contribution in [-0.4, -0.2) is 43.3 Å². The highest BCUT2D eigenvalue weighted by Gasteiger charge is 2.13. The Morgan fingerprint density at radius 3 is 2.19 bits per heavy atom. The van der Waals surface area contributed by atoms with E-state index >= 15 is 0 Å². The Morgan fingerprint density at radius 1 is 0.774 bits per heavy atom. The highest BCUT2D eigenvalue weighted by Crippen LogP contribution is 2.18. The lowest BCUT2D eigenvalue weighted by atomic mass is 10.1. The van der Waals surface area contributed by atoms with Gasteiger partial charge in [-0.25, -0.2) is 0 Å². The van der Waals surface area contributed by atoms with E-state index in [0.29, 0.717) is 28.2 Å².